The Morgan fingerprint density at radius 2 is 1.89 bits per heavy atom. The number of nitrogens with zero attached hydrogens (tertiary/aromatic N) is 2. The molecule has 0 saturated heterocycles. The second-order valence-electron chi connectivity index (χ2n) is 5.57. The molecule has 0 amide bonds. The lowest BCUT2D eigenvalue weighted by Gasteiger charge is -2.28. The van der Waals surface area contributed by atoms with Gasteiger partial charge < -0.3 is 5.32 Å². The molecular formula is C16H21N3. The number of rotatable bonds is 3. The normalized spacial score (nSPS) is 23.2. The molecule has 1 aromatic carbocycles. The van der Waals surface area contributed by atoms with Crippen LogP contribution in [0.1, 0.15) is 32.6 Å². The maximum atomic E-state index is 4.33. The van der Waals surface area contributed by atoms with Crippen molar-refractivity contribution in [1.29, 1.82) is 0 Å². The summed E-state index contributed by atoms with van der Waals surface area (Å²) in [5.74, 6) is 0.888. The van der Waals surface area contributed by atoms with Crippen molar-refractivity contribution in [1.82, 2.24) is 9.78 Å². The second-order valence-corrected chi connectivity index (χ2v) is 5.57. The summed E-state index contributed by atoms with van der Waals surface area (Å²) in [6, 6.07) is 11.0. The Labute approximate surface area is 114 Å². The first-order valence-electron chi connectivity index (χ1n) is 7.18. The van der Waals surface area contributed by atoms with Crippen LogP contribution in [-0.2, 0) is 0 Å². The molecule has 0 unspecified atom stereocenters. The summed E-state index contributed by atoms with van der Waals surface area (Å²) in [6.07, 6.45) is 9.02. The monoisotopic (exact) mass is 255 g/mol. The van der Waals surface area contributed by atoms with Gasteiger partial charge in [-0.05, 0) is 49.8 Å². The molecular weight excluding hydrogens is 234 g/mol. The molecule has 19 heavy (non-hydrogen) atoms. The highest BCUT2D eigenvalue weighted by molar-refractivity contribution is 5.61. The highest BCUT2D eigenvalue weighted by atomic mass is 15.3. The lowest BCUT2D eigenvalue weighted by atomic mass is 9.87. The third kappa shape index (κ3) is 2.80. The van der Waals surface area contributed by atoms with E-state index in [9.17, 15) is 0 Å². The zero-order valence-corrected chi connectivity index (χ0v) is 11.4. The van der Waals surface area contributed by atoms with Gasteiger partial charge in [0.1, 0.15) is 0 Å². The predicted molar refractivity (Wildman–Crippen MR) is 78.6 cm³/mol. The van der Waals surface area contributed by atoms with Crippen LogP contribution in [-0.4, -0.2) is 15.8 Å². The zero-order valence-electron chi connectivity index (χ0n) is 11.4. The SMILES string of the molecule is CC1CCC(Nc2ccccc2-n2cccn2)CC1. The van der Waals surface area contributed by atoms with Crippen LogP contribution in [0.15, 0.2) is 42.7 Å². The molecule has 3 rings (SSSR count). The standard InChI is InChI=1S/C16H21N3/c1-13-7-9-14(10-8-13)18-15-5-2-3-6-16(15)19-12-4-11-17-19/h2-6,11-14,18H,7-10H2,1H3. The third-order valence-corrected chi connectivity index (χ3v) is 4.03. The number of benzene rings is 1. The zero-order chi connectivity index (χ0) is 13.1. The van der Waals surface area contributed by atoms with E-state index in [4.69, 9.17) is 0 Å². The Morgan fingerprint density at radius 3 is 2.63 bits per heavy atom. The summed E-state index contributed by atoms with van der Waals surface area (Å²) in [5.41, 5.74) is 2.32. The summed E-state index contributed by atoms with van der Waals surface area (Å²) in [4.78, 5) is 0. The van der Waals surface area contributed by atoms with Crippen molar-refractivity contribution in [2.24, 2.45) is 5.92 Å². The largest absolute Gasteiger partial charge is 0.381 e. The van der Waals surface area contributed by atoms with Crippen molar-refractivity contribution in [2.75, 3.05) is 5.32 Å². The van der Waals surface area contributed by atoms with Crippen molar-refractivity contribution >= 4 is 5.69 Å². The van der Waals surface area contributed by atoms with E-state index >= 15 is 0 Å². The Kier molecular flexibility index (Phi) is 3.53. The van der Waals surface area contributed by atoms with Crippen LogP contribution >= 0.6 is 0 Å². The fourth-order valence-electron chi connectivity index (χ4n) is 2.83. The molecule has 100 valence electrons. The molecule has 2 aromatic rings. The van der Waals surface area contributed by atoms with Gasteiger partial charge in [-0.3, -0.25) is 0 Å². The highest BCUT2D eigenvalue weighted by Crippen LogP contribution is 2.28. The molecule has 1 fully saturated rings. The predicted octanol–water partition coefficient (Wildman–Crippen LogP) is 3.86. The van der Waals surface area contributed by atoms with Gasteiger partial charge in [-0.15, -0.1) is 0 Å². The Balaban J connectivity index is 1.78. The lowest BCUT2D eigenvalue weighted by Crippen LogP contribution is -2.25. The quantitative estimate of drug-likeness (QED) is 0.902. The van der Waals surface area contributed by atoms with Crippen molar-refractivity contribution in [2.45, 2.75) is 38.6 Å². The van der Waals surface area contributed by atoms with Gasteiger partial charge in [0, 0.05) is 18.4 Å². The molecule has 0 spiro atoms. The molecule has 1 aliphatic rings. The van der Waals surface area contributed by atoms with Gasteiger partial charge >= 0.3 is 0 Å². The number of anilines is 1. The molecule has 0 bridgehead atoms. The lowest BCUT2D eigenvalue weighted by molar-refractivity contribution is 0.361. The van der Waals surface area contributed by atoms with Crippen LogP contribution < -0.4 is 5.32 Å². The van der Waals surface area contributed by atoms with E-state index in [2.05, 4.69) is 41.6 Å². The third-order valence-electron chi connectivity index (χ3n) is 4.03. The smallest absolute Gasteiger partial charge is 0.0876 e. The molecule has 0 atom stereocenters. The fourth-order valence-corrected chi connectivity index (χ4v) is 2.83. The maximum absolute atomic E-state index is 4.33. The second kappa shape index (κ2) is 5.47. The molecule has 1 aliphatic carbocycles. The van der Waals surface area contributed by atoms with E-state index in [-0.39, 0.29) is 0 Å². The van der Waals surface area contributed by atoms with Crippen molar-refractivity contribution < 1.29 is 0 Å². The van der Waals surface area contributed by atoms with Crippen LogP contribution in [0.4, 0.5) is 5.69 Å². The van der Waals surface area contributed by atoms with Crippen LogP contribution in [0.5, 0.6) is 0 Å². The van der Waals surface area contributed by atoms with Crippen LogP contribution in [0, 0.1) is 5.92 Å². The highest BCUT2D eigenvalue weighted by Gasteiger charge is 2.18. The van der Waals surface area contributed by atoms with Crippen LogP contribution in [0.25, 0.3) is 5.69 Å². The van der Waals surface area contributed by atoms with E-state index < -0.39 is 0 Å². The first-order chi connectivity index (χ1) is 9.33. The van der Waals surface area contributed by atoms with E-state index in [1.807, 2.05) is 23.1 Å². The van der Waals surface area contributed by atoms with E-state index in [0.29, 0.717) is 6.04 Å². The number of nitrogens with one attached hydrogen (secondary N) is 1. The fraction of sp³-hybridized carbons (Fsp3) is 0.438. The minimum atomic E-state index is 0.605. The molecule has 1 saturated carbocycles. The number of para-hydroxylation sites is 2. The van der Waals surface area contributed by atoms with E-state index in [0.717, 1.165) is 11.6 Å². The van der Waals surface area contributed by atoms with Gasteiger partial charge in [-0.25, -0.2) is 4.68 Å². The molecule has 0 radical (unpaired) electrons. The topological polar surface area (TPSA) is 29.9 Å². The van der Waals surface area contributed by atoms with Crippen molar-refractivity contribution in [3.63, 3.8) is 0 Å². The van der Waals surface area contributed by atoms with E-state index in [1.54, 1.807) is 0 Å². The Morgan fingerprint density at radius 1 is 1.11 bits per heavy atom. The summed E-state index contributed by atoms with van der Waals surface area (Å²) < 4.78 is 1.92. The van der Waals surface area contributed by atoms with Gasteiger partial charge in [0.25, 0.3) is 0 Å². The maximum Gasteiger partial charge on any atom is 0.0876 e. The van der Waals surface area contributed by atoms with Gasteiger partial charge in [0.05, 0.1) is 11.4 Å². The average molecular weight is 255 g/mol. The van der Waals surface area contributed by atoms with Crippen molar-refractivity contribution in [3.8, 4) is 5.69 Å². The molecule has 0 aliphatic heterocycles. The first kappa shape index (κ1) is 12.3. The average Bonchev–Trinajstić information content (AvgIpc) is 2.96. The Hall–Kier alpha value is -1.77. The van der Waals surface area contributed by atoms with Gasteiger partial charge in [0.15, 0.2) is 0 Å². The molecule has 3 heteroatoms. The summed E-state index contributed by atoms with van der Waals surface area (Å²) in [7, 11) is 0. The summed E-state index contributed by atoms with van der Waals surface area (Å²) in [5, 5.41) is 8.03. The number of hydrogen-bond donors (Lipinski definition) is 1. The van der Waals surface area contributed by atoms with Gasteiger partial charge in [-0.1, -0.05) is 19.1 Å². The summed E-state index contributed by atoms with van der Waals surface area (Å²) in [6.45, 7) is 2.36. The summed E-state index contributed by atoms with van der Waals surface area (Å²) >= 11 is 0. The number of aromatic nitrogens is 2. The minimum Gasteiger partial charge on any atom is -0.381 e. The van der Waals surface area contributed by atoms with Gasteiger partial charge in [-0.2, -0.15) is 5.10 Å². The Bertz CT molecular complexity index is 511. The van der Waals surface area contributed by atoms with E-state index in [1.165, 1.54) is 31.4 Å². The molecule has 1 heterocycles. The number of hydrogen-bond acceptors (Lipinski definition) is 2. The molecule has 1 N–H and O–H groups in total. The first-order valence-corrected chi connectivity index (χ1v) is 7.18. The molecule has 3 nitrogen and oxygen atoms in total. The van der Waals surface area contributed by atoms with Crippen LogP contribution in [0.2, 0.25) is 0 Å². The van der Waals surface area contributed by atoms with Crippen LogP contribution in [0.3, 0.4) is 0 Å². The minimum absolute atomic E-state index is 0.605. The van der Waals surface area contributed by atoms with Crippen molar-refractivity contribution in [3.05, 3.63) is 42.7 Å². The molecule has 1 aromatic heterocycles. The van der Waals surface area contributed by atoms with Gasteiger partial charge in [0.2, 0.25) is 0 Å².